The van der Waals surface area contributed by atoms with E-state index in [4.69, 9.17) is 5.41 Å². The van der Waals surface area contributed by atoms with Gasteiger partial charge in [-0.1, -0.05) is 18.2 Å². The maximum absolute atomic E-state index is 9.96. The summed E-state index contributed by atoms with van der Waals surface area (Å²) in [5.41, 5.74) is 4.63. The highest BCUT2D eigenvalue weighted by atomic mass is 16.3. The first-order chi connectivity index (χ1) is 9.16. The summed E-state index contributed by atoms with van der Waals surface area (Å²) in [5.74, 6) is 0.465. The van der Waals surface area contributed by atoms with Gasteiger partial charge in [-0.25, -0.2) is 0 Å². The molecule has 1 atom stereocenters. The summed E-state index contributed by atoms with van der Waals surface area (Å²) in [5, 5.41) is 18.2. The molecule has 3 rings (SSSR count). The summed E-state index contributed by atoms with van der Waals surface area (Å²) in [6, 6.07) is 9.35. The standard InChI is InChI=1S/C16H16N2O/c1-10-6-7-18-14-9-11(8-13(17)16(10)14)12-4-2-3-5-15(12)19/h2-7,11,17,19H,8-9H2,1H3. The van der Waals surface area contributed by atoms with Crippen LogP contribution < -0.4 is 0 Å². The zero-order valence-corrected chi connectivity index (χ0v) is 10.9. The lowest BCUT2D eigenvalue weighted by atomic mass is 9.80. The van der Waals surface area contributed by atoms with Gasteiger partial charge in [-0.2, -0.15) is 0 Å². The molecule has 96 valence electrons. The van der Waals surface area contributed by atoms with E-state index in [1.165, 1.54) is 0 Å². The van der Waals surface area contributed by atoms with E-state index >= 15 is 0 Å². The lowest BCUT2D eigenvalue weighted by Crippen LogP contribution is -2.21. The minimum absolute atomic E-state index is 0.149. The minimum Gasteiger partial charge on any atom is -0.508 e. The third-order valence-electron chi connectivity index (χ3n) is 3.81. The fourth-order valence-corrected chi connectivity index (χ4v) is 2.89. The van der Waals surface area contributed by atoms with E-state index in [0.29, 0.717) is 17.9 Å². The fourth-order valence-electron chi connectivity index (χ4n) is 2.89. The van der Waals surface area contributed by atoms with E-state index < -0.39 is 0 Å². The van der Waals surface area contributed by atoms with Crippen molar-refractivity contribution in [2.75, 3.05) is 0 Å². The van der Waals surface area contributed by atoms with E-state index in [1.54, 1.807) is 12.3 Å². The number of aromatic nitrogens is 1. The molecule has 3 heteroatoms. The number of aryl methyl sites for hydroxylation is 1. The van der Waals surface area contributed by atoms with Crippen LogP contribution in [-0.4, -0.2) is 15.8 Å². The lowest BCUT2D eigenvalue weighted by molar-refractivity contribution is 0.460. The van der Waals surface area contributed by atoms with Crippen molar-refractivity contribution >= 4 is 5.71 Å². The largest absolute Gasteiger partial charge is 0.508 e. The lowest BCUT2D eigenvalue weighted by Gasteiger charge is -2.26. The Morgan fingerprint density at radius 3 is 2.79 bits per heavy atom. The minimum atomic E-state index is 0.149. The molecule has 3 nitrogen and oxygen atoms in total. The van der Waals surface area contributed by atoms with E-state index in [2.05, 4.69) is 4.98 Å². The highest BCUT2D eigenvalue weighted by molar-refractivity contribution is 6.02. The smallest absolute Gasteiger partial charge is 0.119 e. The third kappa shape index (κ3) is 2.01. The van der Waals surface area contributed by atoms with Crippen LogP contribution in [0.2, 0.25) is 0 Å². The van der Waals surface area contributed by atoms with Gasteiger partial charge >= 0.3 is 0 Å². The Hall–Kier alpha value is -2.16. The van der Waals surface area contributed by atoms with E-state index in [1.807, 2.05) is 31.2 Å². The molecule has 19 heavy (non-hydrogen) atoms. The predicted octanol–water partition coefficient (Wildman–Crippen LogP) is 3.19. The Bertz CT molecular complexity index is 649. The van der Waals surface area contributed by atoms with E-state index in [0.717, 1.165) is 28.8 Å². The maximum atomic E-state index is 9.96. The van der Waals surface area contributed by atoms with Crippen LogP contribution in [0, 0.1) is 12.3 Å². The second-order valence-electron chi connectivity index (χ2n) is 5.09. The van der Waals surface area contributed by atoms with Crippen molar-refractivity contribution in [3.8, 4) is 5.75 Å². The number of aromatic hydroxyl groups is 1. The van der Waals surface area contributed by atoms with Crippen molar-refractivity contribution < 1.29 is 5.11 Å². The molecule has 0 radical (unpaired) electrons. The summed E-state index contributed by atoms with van der Waals surface area (Å²) >= 11 is 0. The van der Waals surface area contributed by atoms with Gasteiger partial charge in [0.15, 0.2) is 0 Å². The van der Waals surface area contributed by atoms with E-state index in [9.17, 15) is 5.11 Å². The van der Waals surface area contributed by atoms with Crippen molar-refractivity contribution in [2.24, 2.45) is 0 Å². The topological polar surface area (TPSA) is 57.0 Å². The Balaban J connectivity index is 2.03. The summed E-state index contributed by atoms with van der Waals surface area (Å²) in [6.45, 7) is 2.02. The molecule has 0 amide bonds. The Morgan fingerprint density at radius 1 is 1.21 bits per heavy atom. The van der Waals surface area contributed by atoms with Crippen molar-refractivity contribution in [3.05, 3.63) is 58.9 Å². The number of hydrogen-bond donors (Lipinski definition) is 2. The molecule has 2 N–H and O–H groups in total. The fraction of sp³-hybridized carbons (Fsp3) is 0.250. The second kappa shape index (κ2) is 4.50. The number of pyridine rings is 1. The van der Waals surface area contributed by atoms with Crippen molar-refractivity contribution in [3.63, 3.8) is 0 Å². The Kier molecular flexibility index (Phi) is 2.82. The zero-order chi connectivity index (χ0) is 13.4. The van der Waals surface area contributed by atoms with Crippen LogP contribution in [0.3, 0.4) is 0 Å². The SMILES string of the molecule is Cc1ccnc2c1C(=N)CC(c1ccccc1O)C2. The van der Waals surface area contributed by atoms with Crippen LogP contribution in [0.4, 0.5) is 0 Å². The van der Waals surface area contributed by atoms with Crippen molar-refractivity contribution in [2.45, 2.75) is 25.7 Å². The van der Waals surface area contributed by atoms with Gasteiger partial charge in [0.1, 0.15) is 5.75 Å². The molecule has 1 heterocycles. The highest BCUT2D eigenvalue weighted by Gasteiger charge is 2.27. The molecule has 1 aliphatic rings. The molecule has 0 fully saturated rings. The van der Waals surface area contributed by atoms with Gasteiger partial charge in [-0.3, -0.25) is 4.98 Å². The number of fused-ring (bicyclic) bond motifs is 1. The number of phenolic OH excluding ortho intramolecular Hbond substituents is 1. The Morgan fingerprint density at radius 2 is 2.00 bits per heavy atom. The summed E-state index contributed by atoms with van der Waals surface area (Å²) in [4.78, 5) is 4.41. The molecule has 0 spiro atoms. The van der Waals surface area contributed by atoms with Gasteiger partial charge in [0.05, 0.1) is 5.69 Å². The summed E-state index contributed by atoms with van der Waals surface area (Å²) in [6.07, 6.45) is 3.25. The molecule has 0 aliphatic heterocycles. The second-order valence-corrected chi connectivity index (χ2v) is 5.09. The van der Waals surface area contributed by atoms with Crippen molar-refractivity contribution in [1.29, 1.82) is 5.41 Å². The first-order valence-corrected chi connectivity index (χ1v) is 6.47. The van der Waals surface area contributed by atoms with E-state index in [-0.39, 0.29) is 5.92 Å². The molecule has 1 aromatic carbocycles. The van der Waals surface area contributed by atoms with Gasteiger partial charge in [0.2, 0.25) is 0 Å². The van der Waals surface area contributed by atoms with Crippen LogP contribution in [-0.2, 0) is 6.42 Å². The first kappa shape index (κ1) is 11.9. The molecule has 0 saturated carbocycles. The van der Waals surface area contributed by atoms with Crippen LogP contribution in [0.1, 0.15) is 34.7 Å². The van der Waals surface area contributed by atoms with Gasteiger partial charge < -0.3 is 10.5 Å². The van der Waals surface area contributed by atoms with Gasteiger partial charge in [-0.05, 0) is 48.9 Å². The van der Waals surface area contributed by atoms with Gasteiger partial charge in [-0.15, -0.1) is 0 Å². The van der Waals surface area contributed by atoms with Crippen LogP contribution >= 0.6 is 0 Å². The monoisotopic (exact) mass is 252 g/mol. The molecule has 0 bridgehead atoms. The molecule has 1 unspecified atom stereocenters. The molecule has 1 aliphatic carbocycles. The Labute approximate surface area is 112 Å². The first-order valence-electron chi connectivity index (χ1n) is 6.47. The van der Waals surface area contributed by atoms with Crippen LogP contribution in [0.15, 0.2) is 36.5 Å². The molecule has 0 saturated heterocycles. The maximum Gasteiger partial charge on any atom is 0.119 e. The molecular weight excluding hydrogens is 236 g/mol. The van der Waals surface area contributed by atoms with Gasteiger partial charge in [0, 0.05) is 17.5 Å². The molecule has 1 aromatic heterocycles. The predicted molar refractivity (Wildman–Crippen MR) is 75.0 cm³/mol. The average Bonchev–Trinajstić information content (AvgIpc) is 2.39. The number of nitrogens with zero attached hydrogens (tertiary/aromatic N) is 1. The quantitative estimate of drug-likeness (QED) is 0.818. The number of phenols is 1. The summed E-state index contributed by atoms with van der Waals surface area (Å²) < 4.78 is 0. The number of para-hydroxylation sites is 1. The highest BCUT2D eigenvalue weighted by Crippen LogP contribution is 2.36. The number of rotatable bonds is 1. The molecular formula is C16H16N2O. The normalized spacial score (nSPS) is 18.2. The zero-order valence-electron chi connectivity index (χ0n) is 10.9. The van der Waals surface area contributed by atoms with Crippen molar-refractivity contribution in [1.82, 2.24) is 4.98 Å². The summed E-state index contributed by atoms with van der Waals surface area (Å²) in [7, 11) is 0. The van der Waals surface area contributed by atoms with Crippen LogP contribution in [0.25, 0.3) is 0 Å². The number of benzene rings is 1. The third-order valence-corrected chi connectivity index (χ3v) is 3.81. The number of hydrogen-bond acceptors (Lipinski definition) is 3. The van der Waals surface area contributed by atoms with Gasteiger partial charge in [0.25, 0.3) is 0 Å². The molecule has 2 aromatic rings. The number of nitrogens with one attached hydrogen (secondary N) is 1. The van der Waals surface area contributed by atoms with Crippen LogP contribution in [0.5, 0.6) is 5.75 Å². The average molecular weight is 252 g/mol.